The number of aryl methyl sites for hydroxylation is 3. The summed E-state index contributed by atoms with van der Waals surface area (Å²) in [4.78, 5) is 16.1. The summed E-state index contributed by atoms with van der Waals surface area (Å²) in [7, 11) is -3.51. The first-order chi connectivity index (χ1) is 11.3. The van der Waals surface area contributed by atoms with Gasteiger partial charge in [0.25, 0.3) is 5.91 Å². The minimum absolute atomic E-state index is 0.230. The van der Waals surface area contributed by atoms with Crippen LogP contribution in [0.3, 0.4) is 0 Å². The topological polar surface area (TPSA) is 83.7 Å². The molecule has 0 radical (unpaired) electrons. The molecule has 1 amide bonds. The van der Waals surface area contributed by atoms with E-state index in [0.717, 1.165) is 9.75 Å². The fraction of sp³-hybridized carbons (Fsp3) is 0.467. The van der Waals surface area contributed by atoms with Crippen LogP contribution in [0, 0.1) is 20.8 Å². The van der Waals surface area contributed by atoms with Crippen molar-refractivity contribution in [1.29, 1.82) is 0 Å². The molecular formula is C15H19N3O4S2. The lowest BCUT2D eigenvalue weighted by molar-refractivity contribution is 0.0687. The lowest BCUT2D eigenvalue weighted by atomic mass is 10.3. The van der Waals surface area contributed by atoms with E-state index in [9.17, 15) is 13.2 Å². The second kappa shape index (κ2) is 6.30. The van der Waals surface area contributed by atoms with Gasteiger partial charge in [-0.15, -0.1) is 11.3 Å². The number of rotatable bonds is 3. The Morgan fingerprint density at radius 1 is 1.17 bits per heavy atom. The lowest BCUT2D eigenvalue weighted by Gasteiger charge is -2.33. The third-order valence-electron chi connectivity index (χ3n) is 3.99. The quantitative estimate of drug-likeness (QED) is 0.824. The van der Waals surface area contributed by atoms with Crippen LogP contribution in [0.15, 0.2) is 21.6 Å². The first-order valence-corrected chi connectivity index (χ1v) is 9.84. The molecule has 3 heterocycles. The second-order valence-electron chi connectivity index (χ2n) is 5.80. The van der Waals surface area contributed by atoms with E-state index in [2.05, 4.69) is 5.16 Å². The van der Waals surface area contributed by atoms with Gasteiger partial charge < -0.3 is 9.42 Å². The monoisotopic (exact) mass is 369 g/mol. The van der Waals surface area contributed by atoms with E-state index in [1.165, 1.54) is 15.6 Å². The number of hydrogen-bond donors (Lipinski definition) is 0. The highest BCUT2D eigenvalue weighted by atomic mass is 32.2. The highest BCUT2D eigenvalue weighted by Crippen LogP contribution is 2.28. The molecule has 2 aromatic rings. The van der Waals surface area contributed by atoms with Crippen molar-refractivity contribution in [3.05, 3.63) is 33.3 Å². The number of aromatic nitrogens is 1. The van der Waals surface area contributed by atoms with E-state index >= 15 is 0 Å². The van der Waals surface area contributed by atoms with Crippen LogP contribution in [-0.4, -0.2) is 54.9 Å². The van der Waals surface area contributed by atoms with E-state index in [0.29, 0.717) is 23.7 Å². The predicted octanol–water partition coefficient (Wildman–Crippen LogP) is 1.81. The summed E-state index contributed by atoms with van der Waals surface area (Å²) in [6, 6.07) is 3.30. The number of sulfonamides is 1. The maximum absolute atomic E-state index is 12.8. The van der Waals surface area contributed by atoms with E-state index in [1.807, 2.05) is 13.8 Å². The van der Waals surface area contributed by atoms with Gasteiger partial charge in [0, 0.05) is 42.0 Å². The molecule has 1 aliphatic heterocycles. The highest BCUT2D eigenvalue weighted by Gasteiger charge is 2.32. The van der Waals surface area contributed by atoms with E-state index in [-0.39, 0.29) is 24.7 Å². The number of nitrogens with zero attached hydrogens (tertiary/aromatic N) is 3. The molecule has 0 saturated carbocycles. The van der Waals surface area contributed by atoms with Gasteiger partial charge in [-0.3, -0.25) is 4.79 Å². The predicted molar refractivity (Wildman–Crippen MR) is 89.7 cm³/mol. The normalized spacial score (nSPS) is 16.5. The van der Waals surface area contributed by atoms with Crippen molar-refractivity contribution in [1.82, 2.24) is 14.4 Å². The fourth-order valence-corrected chi connectivity index (χ4v) is 5.71. The van der Waals surface area contributed by atoms with E-state index in [4.69, 9.17) is 4.52 Å². The molecule has 0 spiro atoms. The molecule has 9 heteroatoms. The van der Waals surface area contributed by atoms with Gasteiger partial charge in [-0.05, 0) is 26.8 Å². The molecule has 0 atom stereocenters. The van der Waals surface area contributed by atoms with Gasteiger partial charge in [-0.2, -0.15) is 4.31 Å². The Bertz CT molecular complexity index is 861. The number of carbonyl (C=O) groups excluding carboxylic acids is 1. The summed E-state index contributed by atoms with van der Waals surface area (Å²) >= 11 is 1.48. The Labute approximate surface area is 144 Å². The van der Waals surface area contributed by atoms with Gasteiger partial charge in [0.15, 0.2) is 5.69 Å². The molecule has 7 nitrogen and oxygen atoms in total. The Balaban J connectivity index is 1.71. The van der Waals surface area contributed by atoms with Crippen molar-refractivity contribution in [2.45, 2.75) is 25.7 Å². The number of carbonyl (C=O) groups is 1. The van der Waals surface area contributed by atoms with Crippen LogP contribution >= 0.6 is 11.3 Å². The minimum Gasteiger partial charge on any atom is -0.361 e. The first-order valence-electron chi connectivity index (χ1n) is 7.59. The molecule has 0 aromatic carbocycles. The molecule has 1 saturated heterocycles. The van der Waals surface area contributed by atoms with Crippen LogP contribution in [0.1, 0.15) is 26.0 Å². The Morgan fingerprint density at radius 2 is 1.83 bits per heavy atom. The van der Waals surface area contributed by atoms with Crippen LogP contribution < -0.4 is 0 Å². The molecule has 130 valence electrons. The molecule has 0 aliphatic carbocycles. The van der Waals surface area contributed by atoms with E-state index in [1.54, 1.807) is 24.0 Å². The molecular weight excluding hydrogens is 350 g/mol. The smallest absolute Gasteiger partial charge is 0.276 e. The van der Waals surface area contributed by atoms with Crippen molar-refractivity contribution in [2.24, 2.45) is 0 Å². The molecule has 0 N–H and O–H groups in total. The van der Waals surface area contributed by atoms with Crippen LogP contribution in [0.25, 0.3) is 0 Å². The minimum atomic E-state index is -3.51. The van der Waals surface area contributed by atoms with E-state index < -0.39 is 10.0 Å². The summed E-state index contributed by atoms with van der Waals surface area (Å²) in [6.07, 6.45) is 0. The molecule has 24 heavy (non-hydrogen) atoms. The fourth-order valence-electron chi connectivity index (χ4n) is 2.76. The summed E-state index contributed by atoms with van der Waals surface area (Å²) in [6.45, 7) is 6.67. The number of amides is 1. The summed E-state index contributed by atoms with van der Waals surface area (Å²) in [5.41, 5.74) is 0.258. The molecule has 1 aliphatic rings. The van der Waals surface area contributed by atoms with Gasteiger partial charge in [-0.25, -0.2) is 8.42 Å². The van der Waals surface area contributed by atoms with Crippen molar-refractivity contribution in [3.63, 3.8) is 0 Å². The Kier molecular flexibility index (Phi) is 4.50. The van der Waals surface area contributed by atoms with Crippen molar-refractivity contribution in [2.75, 3.05) is 26.2 Å². The van der Waals surface area contributed by atoms with Crippen LogP contribution in [-0.2, 0) is 10.0 Å². The molecule has 0 unspecified atom stereocenters. The number of hydrogen-bond acceptors (Lipinski definition) is 6. The maximum Gasteiger partial charge on any atom is 0.276 e. The summed E-state index contributed by atoms with van der Waals surface area (Å²) in [5.74, 6) is 0.342. The van der Waals surface area contributed by atoms with Crippen molar-refractivity contribution in [3.8, 4) is 0 Å². The van der Waals surface area contributed by atoms with Gasteiger partial charge >= 0.3 is 0 Å². The standard InChI is InChI=1S/C15H19N3O4S2/c1-10-8-13(16-22-10)15(19)17-4-6-18(7-5-17)24(20,21)14-9-11(2)23-12(14)3/h8-9H,4-7H2,1-3H3. The van der Waals surface area contributed by atoms with Gasteiger partial charge in [0.1, 0.15) is 5.76 Å². The summed E-state index contributed by atoms with van der Waals surface area (Å²) in [5, 5.41) is 3.72. The zero-order valence-corrected chi connectivity index (χ0v) is 15.4. The average Bonchev–Trinajstić information content (AvgIpc) is 3.12. The SMILES string of the molecule is Cc1cc(C(=O)N2CCN(S(=O)(=O)c3cc(C)sc3C)CC2)no1. The van der Waals surface area contributed by atoms with Crippen LogP contribution in [0.5, 0.6) is 0 Å². The second-order valence-corrected chi connectivity index (χ2v) is 9.16. The molecule has 3 rings (SSSR count). The average molecular weight is 369 g/mol. The molecule has 0 bridgehead atoms. The van der Waals surface area contributed by atoms with Gasteiger partial charge in [0.2, 0.25) is 10.0 Å². The highest BCUT2D eigenvalue weighted by molar-refractivity contribution is 7.89. The van der Waals surface area contributed by atoms with Crippen LogP contribution in [0.2, 0.25) is 0 Å². The van der Waals surface area contributed by atoms with Crippen molar-refractivity contribution >= 4 is 27.3 Å². The van der Waals surface area contributed by atoms with Gasteiger partial charge in [0.05, 0.1) is 4.90 Å². The van der Waals surface area contributed by atoms with Crippen LogP contribution in [0.4, 0.5) is 0 Å². The Hall–Kier alpha value is -1.71. The number of thiophene rings is 1. The third-order valence-corrected chi connectivity index (χ3v) is 7.11. The van der Waals surface area contributed by atoms with Crippen molar-refractivity contribution < 1.29 is 17.7 Å². The van der Waals surface area contributed by atoms with Gasteiger partial charge in [-0.1, -0.05) is 5.16 Å². The first kappa shape index (κ1) is 17.1. The summed E-state index contributed by atoms with van der Waals surface area (Å²) < 4.78 is 31.9. The lowest BCUT2D eigenvalue weighted by Crippen LogP contribution is -2.50. The zero-order valence-electron chi connectivity index (χ0n) is 13.8. The number of piperazine rings is 1. The molecule has 1 fully saturated rings. The molecule has 2 aromatic heterocycles. The zero-order chi connectivity index (χ0) is 17.5. The Morgan fingerprint density at radius 3 is 2.33 bits per heavy atom. The largest absolute Gasteiger partial charge is 0.361 e. The third kappa shape index (κ3) is 3.11. The maximum atomic E-state index is 12.8.